The Morgan fingerprint density at radius 2 is 2.25 bits per heavy atom. The number of nitriles is 1. The Bertz CT molecular complexity index is 1230. The molecule has 1 heterocycles. The molecule has 3 unspecified atom stereocenters. The predicted octanol–water partition coefficient (Wildman–Crippen LogP) is 5.92. The van der Waals surface area contributed by atoms with Crippen LogP contribution in [-0.2, 0) is 16.1 Å². The van der Waals surface area contributed by atoms with E-state index in [-0.39, 0.29) is 17.1 Å². The van der Waals surface area contributed by atoms with Crippen molar-refractivity contribution in [3.05, 3.63) is 39.9 Å². The minimum atomic E-state index is -0.00496. The van der Waals surface area contributed by atoms with Gasteiger partial charge in [-0.2, -0.15) is 5.26 Å². The largest absolute Gasteiger partial charge is 0.507 e. The van der Waals surface area contributed by atoms with E-state index < -0.39 is 0 Å². The number of nitrogens with zero attached hydrogens (tertiary/aromatic N) is 3. The maximum Gasteiger partial charge on any atom is 0.226 e. The average molecular weight is 507 g/mol. The van der Waals surface area contributed by atoms with Crippen LogP contribution in [0.2, 0.25) is 0 Å². The van der Waals surface area contributed by atoms with Gasteiger partial charge in [0.05, 0.1) is 11.3 Å². The van der Waals surface area contributed by atoms with Crippen molar-refractivity contribution in [2.45, 2.75) is 71.1 Å². The summed E-state index contributed by atoms with van der Waals surface area (Å²) in [5.41, 5.74) is 3.96. The van der Waals surface area contributed by atoms with E-state index in [1.807, 2.05) is 19.1 Å². The second-order valence-corrected chi connectivity index (χ2v) is 12.1. The first kappa shape index (κ1) is 24.8. The molecule has 3 aliphatic rings. The molecule has 2 aromatic rings. The van der Waals surface area contributed by atoms with Crippen molar-refractivity contribution in [1.29, 1.82) is 5.26 Å². The number of nitrogens with one attached hydrogen (secondary N) is 1. The van der Waals surface area contributed by atoms with Crippen LogP contribution in [0.5, 0.6) is 5.75 Å². The van der Waals surface area contributed by atoms with Crippen LogP contribution in [0.4, 0.5) is 5.13 Å². The Kier molecular flexibility index (Phi) is 6.78. The Labute approximate surface area is 216 Å². The molecule has 5 rings (SSSR count). The number of anilines is 1. The number of carbonyl (C=O) groups excluding carboxylic acids is 1. The van der Waals surface area contributed by atoms with Gasteiger partial charge in [-0.25, -0.2) is 4.98 Å². The zero-order valence-corrected chi connectivity index (χ0v) is 22.0. The maximum absolute atomic E-state index is 12.5. The summed E-state index contributed by atoms with van der Waals surface area (Å²) in [6.07, 6.45) is 9.05. The zero-order chi connectivity index (χ0) is 25.4. The summed E-state index contributed by atoms with van der Waals surface area (Å²) in [6.45, 7) is 4.34. The fourth-order valence-electron chi connectivity index (χ4n) is 7.41. The smallest absolute Gasteiger partial charge is 0.226 e. The minimum Gasteiger partial charge on any atom is -0.507 e. The third kappa shape index (κ3) is 4.39. The average Bonchev–Trinajstić information content (AvgIpc) is 3.38. The minimum absolute atomic E-state index is 0.00496. The van der Waals surface area contributed by atoms with Crippen molar-refractivity contribution in [2.24, 2.45) is 28.3 Å². The topological polar surface area (TPSA) is 108 Å². The standard InChI is InChI=1S/C28H34N4O3S/c1-16-15-30-27(36-16)31-25(34)6-4-5-18-13-24(32-35-3)28(2)10-9-20-21(26(18)28)8-7-17-12-23(33)19(14-29)11-22(17)20/h11-12,15,18,20-21,26,33H,4-10,13H2,1-3H3,(H,30,31,34)/b32-24+/t18-,20?,21?,26?,28-/m1/s1. The highest BCUT2D eigenvalue weighted by Crippen LogP contribution is 2.62. The lowest BCUT2D eigenvalue weighted by Crippen LogP contribution is -2.44. The normalized spacial score (nSPS) is 29.7. The number of carbonyl (C=O) groups is 1. The third-order valence-corrected chi connectivity index (χ3v) is 9.71. The van der Waals surface area contributed by atoms with Gasteiger partial charge in [0.15, 0.2) is 5.13 Å². The lowest BCUT2D eigenvalue weighted by Gasteiger charge is -2.50. The molecule has 0 spiro atoms. The summed E-state index contributed by atoms with van der Waals surface area (Å²) >= 11 is 1.50. The van der Waals surface area contributed by atoms with E-state index in [9.17, 15) is 15.2 Å². The van der Waals surface area contributed by atoms with E-state index in [0.717, 1.165) is 55.5 Å². The molecule has 2 saturated carbocycles. The second-order valence-electron chi connectivity index (χ2n) is 10.9. The van der Waals surface area contributed by atoms with E-state index in [0.29, 0.717) is 40.8 Å². The first-order valence-electron chi connectivity index (χ1n) is 12.9. The maximum atomic E-state index is 12.5. The first-order valence-corrected chi connectivity index (χ1v) is 13.7. The number of aromatic hydroxyl groups is 1. The zero-order valence-electron chi connectivity index (χ0n) is 21.2. The van der Waals surface area contributed by atoms with Gasteiger partial charge in [-0.3, -0.25) is 4.79 Å². The molecular formula is C28H34N4O3S. The number of rotatable bonds is 6. The molecule has 2 N–H and O–H groups in total. The van der Waals surface area contributed by atoms with Crippen LogP contribution in [0.15, 0.2) is 23.5 Å². The molecule has 0 aliphatic heterocycles. The molecule has 190 valence electrons. The number of phenols is 1. The molecule has 36 heavy (non-hydrogen) atoms. The van der Waals surface area contributed by atoms with Gasteiger partial charge in [-0.1, -0.05) is 12.1 Å². The van der Waals surface area contributed by atoms with Gasteiger partial charge < -0.3 is 15.3 Å². The molecule has 1 aromatic carbocycles. The highest BCUT2D eigenvalue weighted by molar-refractivity contribution is 7.15. The number of fused-ring (bicyclic) bond motifs is 5. The Hall–Kier alpha value is -2.92. The molecule has 2 fully saturated rings. The third-order valence-electron chi connectivity index (χ3n) is 8.88. The van der Waals surface area contributed by atoms with Gasteiger partial charge in [-0.05, 0) is 98.8 Å². The first-order chi connectivity index (χ1) is 17.3. The molecule has 1 aromatic heterocycles. The quantitative estimate of drug-likeness (QED) is 0.473. The van der Waals surface area contributed by atoms with Crippen molar-refractivity contribution in [3.8, 4) is 11.8 Å². The Morgan fingerprint density at radius 1 is 1.42 bits per heavy atom. The summed E-state index contributed by atoms with van der Waals surface area (Å²) in [6, 6.07) is 5.90. The summed E-state index contributed by atoms with van der Waals surface area (Å²) in [7, 11) is 1.63. The van der Waals surface area contributed by atoms with Gasteiger partial charge in [0.2, 0.25) is 5.91 Å². The Morgan fingerprint density at radius 3 is 2.97 bits per heavy atom. The fourth-order valence-corrected chi connectivity index (χ4v) is 8.10. The van der Waals surface area contributed by atoms with E-state index in [4.69, 9.17) is 4.84 Å². The van der Waals surface area contributed by atoms with Crippen molar-refractivity contribution in [1.82, 2.24) is 4.98 Å². The molecule has 8 heteroatoms. The number of aromatic nitrogens is 1. The van der Waals surface area contributed by atoms with E-state index in [1.165, 1.54) is 22.5 Å². The van der Waals surface area contributed by atoms with Gasteiger partial charge in [0.25, 0.3) is 0 Å². The fraction of sp³-hybridized carbons (Fsp3) is 0.571. The summed E-state index contributed by atoms with van der Waals surface area (Å²) < 4.78 is 0. The van der Waals surface area contributed by atoms with E-state index >= 15 is 0 Å². The summed E-state index contributed by atoms with van der Waals surface area (Å²) in [5, 5.41) is 27.8. The number of benzene rings is 1. The van der Waals surface area contributed by atoms with Gasteiger partial charge in [0.1, 0.15) is 18.9 Å². The van der Waals surface area contributed by atoms with Gasteiger partial charge in [0, 0.05) is 22.9 Å². The number of thiazole rings is 1. The van der Waals surface area contributed by atoms with Crippen LogP contribution in [0.25, 0.3) is 0 Å². The van der Waals surface area contributed by atoms with Crippen LogP contribution in [0.3, 0.4) is 0 Å². The number of hydrogen-bond donors (Lipinski definition) is 2. The lowest BCUT2D eigenvalue weighted by atomic mass is 9.54. The van der Waals surface area contributed by atoms with Crippen LogP contribution < -0.4 is 5.32 Å². The molecule has 5 atom stereocenters. The van der Waals surface area contributed by atoms with E-state index in [2.05, 4.69) is 28.4 Å². The van der Waals surface area contributed by atoms with Gasteiger partial charge in [-0.15, -0.1) is 11.3 Å². The van der Waals surface area contributed by atoms with E-state index in [1.54, 1.807) is 13.3 Å². The molecule has 1 amide bonds. The second kappa shape index (κ2) is 9.85. The summed E-state index contributed by atoms with van der Waals surface area (Å²) in [4.78, 5) is 23.1. The van der Waals surface area contributed by atoms with Crippen LogP contribution >= 0.6 is 11.3 Å². The molecule has 0 saturated heterocycles. The van der Waals surface area contributed by atoms with Crippen molar-refractivity contribution < 1.29 is 14.7 Å². The Balaban J connectivity index is 1.35. The number of phenolic OH excluding ortho intramolecular Hbond substituents is 1. The number of aryl methyl sites for hydroxylation is 2. The SMILES string of the molecule is CO/N=C1\C[C@@H](CCCC(=O)Nc2ncc(C)s2)C2C3CCc4cc(O)c(C#N)cc4C3CC[C@]12C. The van der Waals surface area contributed by atoms with Crippen molar-refractivity contribution in [3.63, 3.8) is 0 Å². The van der Waals surface area contributed by atoms with Gasteiger partial charge >= 0.3 is 0 Å². The highest BCUT2D eigenvalue weighted by Gasteiger charge is 2.57. The highest BCUT2D eigenvalue weighted by atomic mass is 32.1. The van der Waals surface area contributed by atoms with Crippen LogP contribution in [-0.4, -0.2) is 28.8 Å². The monoisotopic (exact) mass is 506 g/mol. The van der Waals surface area contributed by atoms with Crippen molar-refractivity contribution >= 4 is 28.1 Å². The molecule has 3 aliphatic carbocycles. The van der Waals surface area contributed by atoms with Crippen LogP contribution in [0.1, 0.15) is 79.4 Å². The van der Waals surface area contributed by atoms with Crippen LogP contribution in [0, 0.1) is 41.4 Å². The van der Waals surface area contributed by atoms with Crippen molar-refractivity contribution in [2.75, 3.05) is 12.4 Å². The molecule has 0 radical (unpaired) electrons. The summed E-state index contributed by atoms with van der Waals surface area (Å²) in [5.74, 6) is 1.90. The molecule has 7 nitrogen and oxygen atoms in total. The number of oxime groups is 1. The molecular weight excluding hydrogens is 472 g/mol. The number of amides is 1. The number of hydrogen-bond acceptors (Lipinski definition) is 7. The predicted molar refractivity (Wildman–Crippen MR) is 140 cm³/mol. The molecule has 0 bridgehead atoms. The lowest BCUT2D eigenvalue weighted by molar-refractivity contribution is -0.116.